The minimum absolute atomic E-state index is 0.0404. The van der Waals surface area contributed by atoms with Crippen LogP contribution in [-0.2, 0) is 6.54 Å². The molecule has 2 aromatic rings. The van der Waals surface area contributed by atoms with E-state index in [-0.39, 0.29) is 17.4 Å². The maximum atomic E-state index is 12.1. The zero-order chi connectivity index (χ0) is 21.9. The molecule has 32 heavy (non-hydrogen) atoms. The van der Waals surface area contributed by atoms with Gasteiger partial charge in [0.15, 0.2) is 11.5 Å². The molecule has 2 fully saturated rings. The number of piperazine rings is 1. The lowest BCUT2D eigenvalue weighted by atomic mass is 10.1. The molecule has 0 N–H and O–H groups in total. The molecule has 0 atom stereocenters. The maximum Gasteiger partial charge on any atom is 0.353 e. The number of anilines is 2. The average molecular weight is 441 g/mol. The zero-order valence-electron chi connectivity index (χ0n) is 18.1. The van der Waals surface area contributed by atoms with E-state index in [9.17, 15) is 10.1 Å². The zero-order valence-corrected chi connectivity index (χ0v) is 18.1. The molecular weight excluding hydrogens is 412 g/mol. The van der Waals surface area contributed by atoms with Gasteiger partial charge in [0.25, 0.3) is 0 Å². The summed E-state index contributed by atoms with van der Waals surface area (Å²) in [6.07, 6.45) is 5.87. The van der Waals surface area contributed by atoms with E-state index in [0.29, 0.717) is 24.7 Å². The Bertz CT molecular complexity index is 971. The Morgan fingerprint density at radius 3 is 2.22 bits per heavy atom. The molecule has 10 nitrogen and oxygen atoms in total. The third kappa shape index (κ3) is 4.27. The first-order valence-corrected chi connectivity index (χ1v) is 11.3. The molecule has 0 saturated carbocycles. The summed E-state index contributed by atoms with van der Waals surface area (Å²) in [4.78, 5) is 26.9. The van der Waals surface area contributed by atoms with Gasteiger partial charge in [0.1, 0.15) is 6.33 Å². The minimum Gasteiger partial charge on any atom is -0.454 e. The van der Waals surface area contributed by atoms with Crippen LogP contribution in [0.3, 0.4) is 0 Å². The van der Waals surface area contributed by atoms with E-state index in [0.717, 1.165) is 69.9 Å². The SMILES string of the molecule is O=[N+]([O-])c1c(N2CCCCCC2)ncnc1N1CCN(Cc2ccc3c(c2)OCO3)CC1. The number of rotatable bonds is 5. The van der Waals surface area contributed by atoms with Crippen molar-refractivity contribution in [1.29, 1.82) is 0 Å². The van der Waals surface area contributed by atoms with Gasteiger partial charge < -0.3 is 19.3 Å². The Morgan fingerprint density at radius 1 is 0.875 bits per heavy atom. The molecule has 10 heteroatoms. The summed E-state index contributed by atoms with van der Waals surface area (Å²) in [6, 6.07) is 6.03. The van der Waals surface area contributed by atoms with Crippen molar-refractivity contribution >= 4 is 17.3 Å². The number of hydrogen-bond acceptors (Lipinski definition) is 9. The summed E-state index contributed by atoms with van der Waals surface area (Å²) >= 11 is 0. The first-order valence-electron chi connectivity index (χ1n) is 11.3. The van der Waals surface area contributed by atoms with Crippen LogP contribution < -0.4 is 19.3 Å². The molecule has 170 valence electrons. The van der Waals surface area contributed by atoms with Gasteiger partial charge in [-0.15, -0.1) is 0 Å². The topological polar surface area (TPSA) is 97.1 Å². The molecule has 0 spiro atoms. The summed E-state index contributed by atoms with van der Waals surface area (Å²) in [6.45, 7) is 5.65. The normalized spacial score (nSPS) is 19.1. The number of nitro groups is 1. The summed E-state index contributed by atoms with van der Waals surface area (Å²) < 4.78 is 10.9. The number of aromatic nitrogens is 2. The van der Waals surface area contributed by atoms with Gasteiger partial charge in [-0.2, -0.15) is 0 Å². The van der Waals surface area contributed by atoms with E-state index >= 15 is 0 Å². The van der Waals surface area contributed by atoms with E-state index in [4.69, 9.17) is 9.47 Å². The molecule has 1 aromatic heterocycles. The van der Waals surface area contributed by atoms with Crippen LogP contribution in [0.4, 0.5) is 17.3 Å². The van der Waals surface area contributed by atoms with Crippen LogP contribution in [0, 0.1) is 10.1 Å². The summed E-state index contributed by atoms with van der Waals surface area (Å²) in [5.41, 5.74) is 1.21. The fourth-order valence-electron chi connectivity index (χ4n) is 4.68. The van der Waals surface area contributed by atoms with Crippen LogP contribution in [0.2, 0.25) is 0 Å². The second-order valence-electron chi connectivity index (χ2n) is 8.48. The molecule has 5 rings (SSSR count). The van der Waals surface area contributed by atoms with E-state index < -0.39 is 0 Å². The van der Waals surface area contributed by atoms with Crippen LogP contribution in [0.15, 0.2) is 24.5 Å². The van der Waals surface area contributed by atoms with Gasteiger partial charge in [0.05, 0.1) is 4.92 Å². The molecule has 4 heterocycles. The van der Waals surface area contributed by atoms with Crippen molar-refractivity contribution in [3.05, 3.63) is 40.2 Å². The molecule has 3 aliphatic heterocycles. The number of hydrogen-bond donors (Lipinski definition) is 0. The van der Waals surface area contributed by atoms with Gasteiger partial charge in [-0.1, -0.05) is 18.9 Å². The van der Waals surface area contributed by atoms with Crippen molar-refractivity contribution in [2.24, 2.45) is 0 Å². The smallest absolute Gasteiger partial charge is 0.353 e. The molecular formula is C22H28N6O4. The van der Waals surface area contributed by atoms with E-state index in [2.05, 4.69) is 25.8 Å². The summed E-state index contributed by atoms with van der Waals surface area (Å²) in [5, 5.41) is 12.1. The minimum atomic E-state index is -0.311. The Hall–Kier alpha value is -3.14. The Kier molecular flexibility index (Phi) is 5.93. The molecule has 1 aromatic carbocycles. The molecule has 0 amide bonds. The Balaban J connectivity index is 1.28. The van der Waals surface area contributed by atoms with Crippen LogP contribution in [0.25, 0.3) is 0 Å². The first kappa shape index (κ1) is 20.7. The van der Waals surface area contributed by atoms with Gasteiger partial charge in [-0.05, 0) is 30.5 Å². The van der Waals surface area contributed by atoms with Crippen molar-refractivity contribution < 1.29 is 14.4 Å². The van der Waals surface area contributed by atoms with Gasteiger partial charge >= 0.3 is 5.69 Å². The summed E-state index contributed by atoms with van der Waals surface area (Å²) in [5.74, 6) is 2.48. The highest BCUT2D eigenvalue weighted by atomic mass is 16.7. The Morgan fingerprint density at radius 2 is 1.53 bits per heavy atom. The van der Waals surface area contributed by atoms with Crippen molar-refractivity contribution in [1.82, 2.24) is 14.9 Å². The van der Waals surface area contributed by atoms with Gasteiger partial charge in [-0.3, -0.25) is 15.0 Å². The number of nitrogens with zero attached hydrogens (tertiary/aromatic N) is 6. The lowest BCUT2D eigenvalue weighted by molar-refractivity contribution is -0.383. The molecule has 0 radical (unpaired) electrons. The lowest BCUT2D eigenvalue weighted by Gasteiger charge is -2.35. The van der Waals surface area contributed by atoms with Gasteiger partial charge in [-0.25, -0.2) is 9.97 Å². The highest BCUT2D eigenvalue weighted by molar-refractivity contribution is 5.71. The third-order valence-electron chi connectivity index (χ3n) is 6.39. The van der Waals surface area contributed by atoms with Crippen molar-refractivity contribution in [2.75, 3.05) is 55.9 Å². The monoisotopic (exact) mass is 440 g/mol. The highest BCUT2D eigenvalue weighted by Crippen LogP contribution is 2.36. The Labute approximate surface area is 186 Å². The van der Waals surface area contributed by atoms with E-state index in [1.165, 1.54) is 11.9 Å². The van der Waals surface area contributed by atoms with Crippen LogP contribution in [0.5, 0.6) is 11.5 Å². The third-order valence-corrected chi connectivity index (χ3v) is 6.39. The average Bonchev–Trinajstić information content (AvgIpc) is 3.11. The fraction of sp³-hybridized carbons (Fsp3) is 0.545. The highest BCUT2D eigenvalue weighted by Gasteiger charge is 2.32. The maximum absolute atomic E-state index is 12.1. The number of fused-ring (bicyclic) bond motifs is 1. The van der Waals surface area contributed by atoms with Crippen LogP contribution in [0.1, 0.15) is 31.2 Å². The van der Waals surface area contributed by atoms with Gasteiger partial charge in [0, 0.05) is 45.8 Å². The largest absolute Gasteiger partial charge is 0.454 e. The molecule has 2 saturated heterocycles. The second kappa shape index (κ2) is 9.15. The van der Waals surface area contributed by atoms with Crippen LogP contribution >= 0.6 is 0 Å². The van der Waals surface area contributed by atoms with E-state index in [1.807, 2.05) is 17.0 Å². The van der Waals surface area contributed by atoms with Crippen molar-refractivity contribution in [3.8, 4) is 11.5 Å². The van der Waals surface area contributed by atoms with E-state index in [1.54, 1.807) is 0 Å². The molecule has 0 aliphatic carbocycles. The predicted octanol–water partition coefficient (Wildman–Crippen LogP) is 2.82. The molecule has 3 aliphatic rings. The quantitative estimate of drug-likeness (QED) is 0.513. The lowest BCUT2D eigenvalue weighted by Crippen LogP contribution is -2.46. The molecule has 0 unspecified atom stereocenters. The first-order chi connectivity index (χ1) is 15.7. The second-order valence-corrected chi connectivity index (χ2v) is 8.48. The predicted molar refractivity (Wildman–Crippen MR) is 119 cm³/mol. The van der Waals surface area contributed by atoms with Crippen molar-refractivity contribution in [2.45, 2.75) is 32.2 Å². The fourth-order valence-corrected chi connectivity index (χ4v) is 4.68. The summed E-state index contributed by atoms with van der Waals surface area (Å²) in [7, 11) is 0. The van der Waals surface area contributed by atoms with Gasteiger partial charge in [0.2, 0.25) is 18.4 Å². The number of ether oxygens (including phenoxy) is 2. The van der Waals surface area contributed by atoms with Crippen molar-refractivity contribution in [3.63, 3.8) is 0 Å². The van der Waals surface area contributed by atoms with Crippen LogP contribution in [-0.4, -0.2) is 65.9 Å². The molecule has 0 bridgehead atoms. The standard InChI is InChI=1S/C22H28N6O4/c29-28(30)20-21(26-7-3-1-2-4-8-26)23-15-24-22(20)27-11-9-25(10-12-27)14-17-5-6-18-19(13-17)32-16-31-18/h5-6,13,15H,1-4,7-12,14,16H2. The number of benzene rings is 1.